The van der Waals surface area contributed by atoms with Crippen LogP contribution in [0.3, 0.4) is 0 Å². The molecule has 0 aromatic heterocycles. The van der Waals surface area contributed by atoms with Crippen LogP contribution in [0.1, 0.15) is 40.1 Å². The van der Waals surface area contributed by atoms with E-state index in [4.69, 9.17) is 14.2 Å². The Balaban J connectivity index is 2.14. The average molecular weight is 322 g/mol. The Kier molecular flexibility index (Phi) is 3.98. The van der Waals surface area contributed by atoms with Crippen molar-refractivity contribution < 1.29 is 28.6 Å². The number of morpholine rings is 1. The minimum atomic E-state index is -0.479. The van der Waals surface area contributed by atoms with Crippen LogP contribution in [-0.2, 0) is 16.1 Å². The average Bonchev–Trinajstić information content (AvgIpc) is 2.93. The minimum absolute atomic E-state index is 0.0560. The Bertz CT molecular complexity index is 657. The van der Waals surface area contributed by atoms with Crippen LogP contribution in [0, 0.1) is 6.92 Å². The minimum Gasteiger partial charge on any atom is -0.506 e. The molecule has 6 heteroatoms. The number of ether oxygens (including phenoxy) is 3. The summed E-state index contributed by atoms with van der Waals surface area (Å²) in [4.78, 5) is 12.0. The fourth-order valence-corrected chi connectivity index (χ4v) is 3.51. The molecule has 126 valence electrons. The summed E-state index contributed by atoms with van der Waals surface area (Å²) < 4.78 is 17.4. The molecule has 1 N–H and O–H groups in total. The van der Waals surface area contributed by atoms with E-state index in [-0.39, 0.29) is 24.0 Å². The molecule has 0 spiro atoms. The number of carbonyl (C=O) groups is 1. The summed E-state index contributed by atoms with van der Waals surface area (Å²) in [7, 11) is 3.75. The molecule has 3 rings (SSSR count). The lowest BCUT2D eigenvalue weighted by Crippen LogP contribution is -2.52. The van der Waals surface area contributed by atoms with Gasteiger partial charge in [-0.15, -0.1) is 0 Å². The normalized spacial score (nSPS) is 26.8. The smallest absolute Gasteiger partial charge is 0.342 e. The maximum absolute atomic E-state index is 12.0. The molecule has 0 bridgehead atoms. The van der Waals surface area contributed by atoms with Crippen LogP contribution in [0.15, 0.2) is 0 Å². The Hall–Kier alpha value is -1.79. The topological polar surface area (TPSA) is 65.0 Å². The van der Waals surface area contributed by atoms with Crippen molar-refractivity contribution in [3.05, 3.63) is 22.3 Å². The molecular formula is C17H24NO5+. The van der Waals surface area contributed by atoms with E-state index in [2.05, 4.69) is 14.0 Å². The van der Waals surface area contributed by atoms with Gasteiger partial charge in [0.05, 0.1) is 32.9 Å². The summed E-state index contributed by atoms with van der Waals surface area (Å²) in [6.07, 6.45) is -0.305. The molecule has 2 atom stereocenters. The molecule has 0 radical (unpaired) electrons. The van der Waals surface area contributed by atoms with Crippen LogP contribution in [0.4, 0.5) is 0 Å². The molecule has 1 fully saturated rings. The number of likely N-dealkylation sites (N-methyl/N-ethyl adjacent to an activating group) is 1. The van der Waals surface area contributed by atoms with Gasteiger partial charge >= 0.3 is 5.97 Å². The van der Waals surface area contributed by atoms with Gasteiger partial charge in [-0.25, -0.2) is 4.79 Å². The zero-order chi connectivity index (χ0) is 16.8. The molecule has 2 aliphatic heterocycles. The van der Waals surface area contributed by atoms with Crippen LogP contribution < -0.4 is 4.74 Å². The molecular weight excluding hydrogens is 298 g/mol. The first-order valence-electron chi connectivity index (χ1n) is 7.96. The highest BCUT2D eigenvalue weighted by atomic mass is 16.5. The maximum Gasteiger partial charge on any atom is 0.342 e. The van der Waals surface area contributed by atoms with Gasteiger partial charge in [-0.05, 0) is 19.4 Å². The number of fused-ring (bicyclic) bond motifs is 1. The molecule has 2 aliphatic rings. The third-order valence-corrected chi connectivity index (χ3v) is 5.23. The van der Waals surface area contributed by atoms with Crippen molar-refractivity contribution in [3.8, 4) is 11.5 Å². The first-order chi connectivity index (χ1) is 10.9. The molecule has 0 aliphatic carbocycles. The fraction of sp³-hybridized carbons (Fsp3) is 0.588. The molecule has 2 heterocycles. The van der Waals surface area contributed by atoms with Gasteiger partial charge in [0, 0.05) is 5.56 Å². The largest absolute Gasteiger partial charge is 0.506 e. The Morgan fingerprint density at radius 2 is 2.17 bits per heavy atom. The number of aromatic hydroxyl groups is 1. The third-order valence-electron chi connectivity index (χ3n) is 5.23. The number of benzene rings is 1. The van der Waals surface area contributed by atoms with E-state index in [0.717, 1.165) is 29.7 Å². The first-order valence-corrected chi connectivity index (χ1v) is 7.96. The van der Waals surface area contributed by atoms with Crippen molar-refractivity contribution in [2.24, 2.45) is 0 Å². The van der Waals surface area contributed by atoms with Crippen molar-refractivity contribution in [2.75, 3.05) is 40.4 Å². The summed E-state index contributed by atoms with van der Waals surface area (Å²) in [6, 6.07) is 0. The number of methoxy groups -OCH3 is 1. The zero-order valence-electron chi connectivity index (χ0n) is 14.1. The Labute approximate surface area is 136 Å². The summed E-state index contributed by atoms with van der Waals surface area (Å²) in [5.41, 5.74) is 2.37. The fourth-order valence-electron chi connectivity index (χ4n) is 3.51. The summed E-state index contributed by atoms with van der Waals surface area (Å²) >= 11 is 0. The van der Waals surface area contributed by atoms with Crippen LogP contribution in [0.25, 0.3) is 0 Å². The standard InChI is InChI=1S/C17H23NO5/c1-5-18(3)6-7-22-12(8-18)14-15(19)13-11(9-23-17(13)20)10(2)16(14)21-4/h12H,5-9H2,1-4H3/p+1. The van der Waals surface area contributed by atoms with Gasteiger partial charge in [-0.2, -0.15) is 0 Å². The van der Waals surface area contributed by atoms with E-state index in [1.54, 1.807) is 7.11 Å². The van der Waals surface area contributed by atoms with Gasteiger partial charge in [0.15, 0.2) is 0 Å². The lowest BCUT2D eigenvalue weighted by molar-refractivity contribution is -0.919. The van der Waals surface area contributed by atoms with E-state index in [0.29, 0.717) is 23.5 Å². The number of hydrogen-bond donors (Lipinski definition) is 1. The monoisotopic (exact) mass is 322 g/mol. The third kappa shape index (κ3) is 2.46. The van der Waals surface area contributed by atoms with E-state index in [1.807, 2.05) is 6.92 Å². The highest BCUT2D eigenvalue weighted by molar-refractivity contribution is 5.98. The summed E-state index contributed by atoms with van der Waals surface area (Å²) in [6.45, 7) is 7.46. The molecule has 1 aromatic carbocycles. The van der Waals surface area contributed by atoms with Crippen molar-refractivity contribution in [2.45, 2.75) is 26.6 Å². The van der Waals surface area contributed by atoms with Crippen LogP contribution in [-0.4, -0.2) is 56.0 Å². The Morgan fingerprint density at radius 1 is 1.43 bits per heavy atom. The Morgan fingerprint density at radius 3 is 2.83 bits per heavy atom. The molecule has 1 aromatic rings. The second-order valence-electron chi connectivity index (χ2n) is 6.55. The van der Waals surface area contributed by atoms with E-state index in [1.165, 1.54) is 0 Å². The van der Waals surface area contributed by atoms with E-state index < -0.39 is 5.97 Å². The number of carbonyl (C=O) groups excluding carboxylic acids is 1. The second-order valence-corrected chi connectivity index (χ2v) is 6.55. The number of nitrogens with zero attached hydrogens (tertiary/aromatic N) is 1. The summed E-state index contributed by atoms with van der Waals surface area (Å²) in [5, 5.41) is 10.7. The van der Waals surface area contributed by atoms with Gasteiger partial charge in [0.2, 0.25) is 0 Å². The molecule has 0 amide bonds. The van der Waals surface area contributed by atoms with Gasteiger partial charge in [0.25, 0.3) is 0 Å². The lowest BCUT2D eigenvalue weighted by Gasteiger charge is -2.41. The zero-order valence-corrected chi connectivity index (χ0v) is 14.1. The quantitative estimate of drug-likeness (QED) is 0.680. The number of quaternary nitrogens is 1. The van der Waals surface area contributed by atoms with E-state index in [9.17, 15) is 9.90 Å². The molecule has 0 saturated carbocycles. The number of phenolic OH excluding ortho intramolecular Hbond substituents is 1. The SMILES string of the molecule is CC[N+]1(C)CCOC(c2c(O)c3c(c(C)c2OC)COC3=O)C1. The molecule has 1 saturated heterocycles. The van der Waals surface area contributed by atoms with Crippen LogP contribution >= 0.6 is 0 Å². The number of rotatable bonds is 3. The molecule has 23 heavy (non-hydrogen) atoms. The number of cyclic esters (lactones) is 1. The van der Waals surface area contributed by atoms with Crippen molar-refractivity contribution in [1.29, 1.82) is 0 Å². The summed E-state index contributed by atoms with van der Waals surface area (Å²) in [5.74, 6) is 0.0571. The first kappa shape index (κ1) is 16.1. The number of esters is 1. The van der Waals surface area contributed by atoms with Crippen LogP contribution in [0.5, 0.6) is 11.5 Å². The molecule has 2 unspecified atom stereocenters. The predicted molar refractivity (Wildman–Crippen MR) is 83.7 cm³/mol. The van der Waals surface area contributed by atoms with Gasteiger partial charge in [-0.3, -0.25) is 0 Å². The number of hydrogen-bond acceptors (Lipinski definition) is 5. The molecule has 6 nitrogen and oxygen atoms in total. The maximum atomic E-state index is 12.0. The van der Waals surface area contributed by atoms with E-state index >= 15 is 0 Å². The highest BCUT2D eigenvalue weighted by Crippen LogP contribution is 2.46. The predicted octanol–water partition coefficient (Wildman–Crippen LogP) is 1.92. The highest BCUT2D eigenvalue weighted by Gasteiger charge is 2.39. The van der Waals surface area contributed by atoms with Gasteiger partial charge in [-0.1, -0.05) is 0 Å². The van der Waals surface area contributed by atoms with Crippen molar-refractivity contribution in [1.82, 2.24) is 0 Å². The lowest BCUT2D eigenvalue weighted by atomic mass is 9.93. The van der Waals surface area contributed by atoms with Gasteiger partial charge in [0.1, 0.15) is 42.9 Å². The number of phenols is 1. The van der Waals surface area contributed by atoms with Crippen molar-refractivity contribution >= 4 is 5.97 Å². The van der Waals surface area contributed by atoms with Crippen molar-refractivity contribution in [3.63, 3.8) is 0 Å². The second kappa shape index (κ2) is 5.69. The van der Waals surface area contributed by atoms with Gasteiger partial charge < -0.3 is 23.8 Å². The van der Waals surface area contributed by atoms with Crippen LogP contribution in [0.2, 0.25) is 0 Å².